The van der Waals surface area contributed by atoms with E-state index in [1.165, 1.54) is 51.4 Å². The highest BCUT2D eigenvalue weighted by Crippen LogP contribution is 2.33. The molecule has 0 unspecified atom stereocenters. The molecule has 0 radical (unpaired) electrons. The van der Waals surface area contributed by atoms with Crippen LogP contribution in [0.25, 0.3) is 11.1 Å². The number of hydrogen-bond donors (Lipinski definition) is 2. The van der Waals surface area contributed by atoms with Crippen molar-refractivity contribution < 1.29 is 24.2 Å². The molecule has 0 spiro atoms. The molecule has 0 saturated heterocycles. The number of amides is 1. The van der Waals surface area contributed by atoms with Crippen LogP contribution in [0.1, 0.15) is 82.3 Å². The lowest BCUT2D eigenvalue weighted by Crippen LogP contribution is -2.08. The minimum Gasteiger partial charge on any atom is -0.483 e. The molecule has 2 aromatic rings. The third-order valence-electron chi connectivity index (χ3n) is 6.34. The van der Waals surface area contributed by atoms with Gasteiger partial charge in [-0.25, -0.2) is 4.98 Å². The van der Waals surface area contributed by atoms with Crippen LogP contribution < -0.4 is 10.1 Å². The highest BCUT2D eigenvalue weighted by atomic mass is 16.5. The summed E-state index contributed by atoms with van der Waals surface area (Å²) in [5, 5.41) is 9.62. The number of rotatable bonds is 8. The van der Waals surface area contributed by atoms with Gasteiger partial charge < -0.3 is 19.9 Å². The predicted octanol–water partition coefficient (Wildman–Crippen LogP) is 6.52. The van der Waals surface area contributed by atoms with Crippen molar-refractivity contribution in [1.82, 2.24) is 4.98 Å². The first-order valence-electron chi connectivity index (χ1n) is 12.8. The lowest BCUT2D eigenvalue weighted by molar-refractivity contribution is -0.122. The summed E-state index contributed by atoms with van der Waals surface area (Å²) in [6, 6.07) is 7.91. The Hall–Kier alpha value is -2.93. The summed E-state index contributed by atoms with van der Waals surface area (Å²) in [7, 11) is 0. The molecule has 35 heavy (non-hydrogen) atoms. The molecular weight excluding hydrogens is 444 g/mol. The fraction of sp³-hybridized carbons (Fsp3) is 0.536. The van der Waals surface area contributed by atoms with Crippen molar-refractivity contribution in [2.45, 2.75) is 90.8 Å². The van der Waals surface area contributed by atoms with Crippen molar-refractivity contribution >= 4 is 18.6 Å². The number of nitrogens with one attached hydrogen (secondary N) is 1. The molecule has 2 saturated carbocycles. The van der Waals surface area contributed by atoms with Crippen LogP contribution in [0, 0.1) is 6.92 Å². The maximum atomic E-state index is 10.8. The number of benzene rings is 1. The van der Waals surface area contributed by atoms with Gasteiger partial charge in [0.1, 0.15) is 0 Å². The zero-order valence-electron chi connectivity index (χ0n) is 21.1. The molecule has 2 aliphatic rings. The number of anilines is 1. The van der Waals surface area contributed by atoms with E-state index in [2.05, 4.69) is 10.3 Å². The van der Waals surface area contributed by atoms with Gasteiger partial charge in [0, 0.05) is 17.4 Å². The highest BCUT2D eigenvalue weighted by Gasteiger charge is 2.18. The van der Waals surface area contributed by atoms with Crippen molar-refractivity contribution in [2.24, 2.45) is 0 Å². The predicted molar refractivity (Wildman–Crippen MR) is 139 cm³/mol. The van der Waals surface area contributed by atoms with E-state index in [-0.39, 0.29) is 6.47 Å². The Kier molecular flexibility index (Phi) is 13.5. The van der Waals surface area contributed by atoms with Crippen LogP contribution in [0.15, 0.2) is 30.5 Å². The van der Waals surface area contributed by atoms with Gasteiger partial charge in [0.15, 0.2) is 0 Å². The van der Waals surface area contributed by atoms with Gasteiger partial charge in [0.2, 0.25) is 12.3 Å². The first kappa shape index (κ1) is 28.3. The molecule has 0 aliphatic heterocycles. The van der Waals surface area contributed by atoms with Crippen molar-refractivity contribution in [3.05, 3.63) is 41.6 Å². The highest BCUT2D eigenvalue weighted by molar-refractivity contribution is 5.77. The number of ether oxygens (including phenoxy) is 2. The molecule has 2 N–H and O–H groups in total. The van der Waals surface area contributed by atoms with Gasteiger partial charge in [-0.2, -0.15) is 0 Å². The molecule has 1 aromatic carbocycles. The topological polar surface area (TPSA) is 97.8 Å². The zero-order valence-corrected chi connectivity index (χ0v) is 21.1. The molecule has 4 rings (SSSR count). The van der Waals surface area contributed by atoms with Crippen molar-refractivity contribution in [3.63, 3.8) is 0 Å². The normalized spacial score (nSPS) is 15.1. The molecule has 7 heteroatoms. The van der Waals surface area contributed by atoms with E-state index in [0.29, 0.717) is 31.6 Å². The Morgan fingerprint density at radius 1 is 1.00 bits per heavy atom. The monoisotopic (exact) mass is 484 g/mol. The quantitative estimate of drug-likeness (QED) is 0.414. The van der Waals surface area contributed by atoms with Crippen LogP contribution in [0.4, 0.5) is 5.69 Å². The summed E-state index contributed by atoms with van der Waals surface area (Å²) >= 11 is 0. The van der Waals surface area contributed by atoms with E-state index in [9.17, 15) is 4.79 Å². The van der Waals surface area contributed by atoms with E-state index < -0.39 is 0 Å². The van der Waals surface area contributed by atoms with Gasteiger partial charge >= 0.3 is 0 Å². The lowest BCUT2D eigenvalue weighted by atomic mass is 9.96. The molecule has 192 valence electrons. The van der Waals surface area contributed by atoms with Crippen molar-refractivity contribution in [1.29, 1.82) is 0 Å². The number of carboxylic acid groups (broad SMARTS) is 1. The summed E-state index contributed by atoms with van der Waals surface area (Å²) in [5.41, 5.74) is 4.99. The smallest absolute Gasteiger partial charge is 0.290 e. The van der Waals surface area contributed by atoms with Gasteiger partial charge in [-0.3, -0.25) is 9.59 Å². The number of pyridine rings is 1. The number of carbonyl (C=O) groups is 2. The van der Waals surface area contributed by atoms with Crippen LogP contribution in [0.3, 0.4) is 0 Å². The molecular formula is C28H40N2O5. The summed E-state index contributed by atoms with van der Waals surface area (Å²) in [4.78, 5) is 23.5. The van der Waals surface area contributed by atoms with Gasteiger partial charge in [-0.05, 0) is 61.6 Å². The summed E-state index contributed by atoms with van der Waals surface area (Å²) in [6.07, 6.45) is 16.5. The third-order valence-corrected chi connectivity index (χ3v) is 6.34. The van der Waals surface area contributed by atoms with E-state index >= 15 is 0 Å². The van der Waals surface area contributed by atoms with Crippen molar-refractivity contribution in [3.8, 4) is 17.0 Å². The van der Waals surface area contributed by atoms with E-state index in [1.807, 2.05) is 38.1 Å². The number of aromatic nitrogens is 1. The summed E-state index contributed by atoms with van der Waals surface area (Å²) < 4.78 is 11.8. The molecule has 1 heterocycles. The molecule has 2 aliphatic carbocycles. The average molecular weight is 485 g/mol. The Balaban J connectivity index is 0.000000406. The molecule has 1 amide bonds. The molecule has 2 fully saturated rings. The van der Waals surface area contributed by atoms with Crippen LogP contribution in [0.5, 0.6) is 5.88 Å². The Labute approximate surface area is 209 Å². The van der Waals surface area contributed by atoms with Crippen LogP contribution in [0.2, 0.25) is 0 Å². The van der Waals surface area contributed by atoms with Crippen LogP contribution in [-0.2, 0) is 20.9 Å². The minimum absolute atomic E-state index is 0.250. The number of carbonyl (C=O) groups excluding carboxylic acids is 1. The number of hydrogen-bond acceptors (Lipinski definition) is 5. The largest absolute Gasteiger partial charge is 0.483 e. The number of nitrogens with zero attached hydrogens (tertiary/aromatic N) is 1. The van der Waals surface area contributed by atoms with Gasteiger partial charge in [0.05, 0.1) is 19.3 Å². The maximum absolute atomic E-state index is 10.8. The Bertz CT molecular complexity index is 881. The fourth-order valence-corrected chi connectivity index (χ4v) is 4.55. The lowest BCUT2D eigenvalue weighted by Gasteiger charge is -2.17. The van der Waals surface area contributed by atoms with E-state index in [4.69, 9.17) is 19.4 Å². The SMILES string of the molecule is C1CCCCC1.CCOc1nccc(-c2ccc(NC=O)cc2COC2CCCC2)c1C.O=CO. The molecule has 7 nitrogen and oxygen atoms in total. The van der Waals surface area contributed by atoms with Gasteiger partial charge in [-0.1, -0.05) is 57.4 Å². The van der Waals surface area contributed by atoms with Crippen molar-refractivity contribution in [2.75, 3.05) is 11.9 Å². The first-order valence-corrected chi connectivity index (χ1v) is 12.8. The Morgan fingerprint density at radius 2 is 1.63 bits per heavy atom. The molecule has 0 bridgehead atoms. The zero-order chi connectivity index (χ0) is 25.3. The molecule has 0 atom stereocenters. The second-order valence-corrected chi connectivity index (χ2v) is 8.80. The fourth-order valence-electron chi connectivity index (χ4n) is 4.55. The standard InChI is InChI=1S/C21H26N2O3.C6H12.CH2O2/c1-3-25-21-15(2)19(10-11-22-21)20-9-8-17(23-14-24)12-16(20)13-26-18-6-4-5-7-18;1-2-4-6-5-3-1;2-1-3/h8-12,14,18H,3-7,13H2,1-2H3,(H,23,24);1-6H2;1H,(H,2,3). The van der Waals surface area contributed by atoms with Gasteiger partial charge in [-0.15, -0.1) is 0 Å². The van der Waals surface area contributed by atoms with E-state index in [1.54, 1.807) is 6.20 Å². The second kappa shape index (κ2) is 16.7. The summed E-state index contributed by atoms with van der Waals surface area (Å²) in [5.74, 6) is 0.655. The summed E-state index contributed by atoms with van der Waals surface area (Å²) in [6.45, 7) is 4.83. The Morgan fingerprint density at radius 3 is 2.20 bits per heavy atom. The first-order chi connectivity index (χ1) is 17.1. The minimum atomic E-state index is -0.250. The van der Waals surface area contributed by atoms with Crippen LogP contribution >= 0.6 is 0 Å². The molecule has 1 aromatic heterocycles. The van der Waals surface area contributed by atoms with E-state index in [0.717, 1.165) is 40.8 Å². The van der Waals surface area contributed by atoms with Crippen LogP contribution in [-0.4, -0.2) is 35.7 Å². The third kappa shape index (κ3) is 9.68. The average Bonchev–Trinajstić information content (AvgIpc) is 3.41. The maximum Gasteiger partial charge on any atom is 0.290 e. The second-order valence-electron chi connectivity index (χ2n) is 8.80. The van der Waals surface area contributed by atoms with Gasteiger partial charge in [0.25, 0.3) is 6.47 Å².